The van der Waals surface area contributed by atoms with Gasteiger partial charge in [0.2, 0.25) is 0 Å². The monoisotopic (exact) mass is 374 g/mol. The van der Waals surface area contributed by atoms with Gasteiger partial charge in [0, 0.05) is 10.4 Å². The summed E-state index contributed by atoms with van der Waals surface area (Å²) in [5.41, 5.74) is 0. The largest absolute Gasteiger partial charge is 2.00 e. The average Bonchev–Trinajstić information content (AvgIpc) is 1.27. The summed E-state index contributed by atoms with van der Waals surface area (Å²) in [5.74, 6) is 0. The summed E-state index contributed by atoms with van der Waals surface area (Å²) < 4.78 is 34.1. The number of rotatable bonds is 0. The van der Waals surface area contributed by atoms with E-state index in [1.807, 2.05) is 0 Å². The fourth-order valence-corrected chi connectivity index (χ4v) is 0. The Labute approximate surface area is 137 Å². The molecular weight excluding hydrogens is 359 g/mol. The van der Waals surface area contributed by atoms with Crippen LogP contribution in [0.15, 0.2) is 0 Å². The maximum Gasteiger partial charge on any atom is 2.00 e. The molecule has 16 N–H and O–H groups in total. The van der Waals surface area contributed by atoms with Crippen LogP contribution >= 0.6 is 12.8 Å². The minimum absolute atomic E-state index is 0. The maximum atomic E-state index is 8.52. The van der Waals surface area contributed by atoms with Crippen molar-refractivity contribution < 1.29 is 61.3 Å². The first-order valence-corrected chi connectivity index (χ1v) is 8.61. The first-order valence-electron chi connectivity index (χ1n) is 1.20. The molecule has 0 heterocycles. The van der Waals surface area contributed by atoms with Crippen molar-refractivity contribution in [2.45, 2.75) is 0 Å². The Morgan fingerprint density at radius 2 is 0.706 bits per heavy atom. The molecule has 0 aliphatic carbocycles. The number of halogens is 2. The molecule has 0 atom stereocenters. The van der Waals surface area contributed by atoms with Crippen molar-refractivity contribution in [1.29, 1.82) is 0 Å². The summed E-state index contributed by atoms with van der Waals surface area (Å²) in [7, 11) is -5.17. The van der Waals surface area contributed by atoms with Gasteiger partial charge in [-0.1, -0.05) is 0 Å². The van der Waals surface area contributed by atoms with Gasteiger partial charge in [-0.25, -0.2) is 0 Å². The Balaban J connectivity index is -0.00000000317. The molecule has 0 amide bonds. The summed E-state index contributed by atoms with van der Waals surface area (Å²) in [4.78, 5) is 0. The predicted octanol–water partition coefficient (Wildman–Crippen LogP) is -7.32. The maximum absolute atomic E-state index is 8.52. The molecular formula is H16CaCl2MgO12S. The molecule has 0 unspecified atom stereocenters. The first kappa shape index (κ1) is 94.9. The molecule has 17 heavy (non-hydrogen) atoms. The molecule has 0 bridgehead atoms. The Bertz CT molecular complexity index is 118. The van der Waals surface area contributed by atoms with Crippen LogP contribution < -0.4 is 0 Å². The van der Waals surface area contributed by atoms with Gasteiger partial charge in [-0.2, -0.15) is 0 Å². The standard InChI is InChI=1S/Ca.2ClH.Mg.H2O4S.8H2O/c;;;;1-5(2,3)4;;;;;;;;/h;2*1H;;(H2,1,2,3,4);8*1H2/q+2;;;+2;;;;;;;;;/p-4. The van der Waals surface area contributed by atoms with Crippen molar-refractivity contribution >= 4 is 77.1 Å². The molecule has 112 valence electrons. The molecule has 0 fully saturated rings. The van der Waals surface area contributed by atoms with Crippen molar-refractivity contribution in [3.8, 4) is 0 Å². The minimum Gasteiger partial charge on any atom is 2.00 e. The Morgan fingerprint density at radius 3 is 0.706 bits per heavy atom. The van der Waals surface area contributed by atoms with Gasteiger partial charge in [0.1, 0.15) is 0 Å². The molecule has 0 aromatic rings. The molecule has 0 aliphatic heterocycles. The van der Waals surface area contributed by atoms with E-state index in [0.29, 0.717) is 0 Å². The molecule has 0 saturated heterocycles. The van der Waals surface area contributed by atoms with Crippen LogP contribution in [0.2, 0.25) is 0 Å². The summed E-state index contributed by atoms with van der Waals surface area (Å²) in [6, 6.07) is 0. The summed E-state index contributed by atoms with van der Waals surface area (Å²) in [6.07, 6.45) is 9.90. The van der Waals surface area contributed by atoms with Crippen LogP contribution in [0.4, 0.5) is 0 Å². The van der Waals surface area contributed by atoms with E-state index in [1.54, 1.807) is 0 Å². The van der Waals surface area contributed by atoms with E-state index in [-0.39, 0.29) is 66.9 Å². The quantitative estimate of drug-likeness (QED) is 0.226. The van der Waals surface area contributed by atoms with Crippen molar-refractivity contribution in [3.05, 3.63) is 0 Å². The van der Waals surface area contributed by atoms with Gasteiger partial charge in [-0.05, 0) is 0 Å². The van der Waals surface area contributed by atoms with Crippen molar-refractivity contribution in [2.24, 2.45) is 0 Å². The second-order valence-corrected chi connectivity index (χ2v) is 4.97. The molecule has 0 spiro atoms. The molecule has 0 aromatic heterocycles. The van der Waals surface area contributed by atoms with E-state index in [2.05, 4.69) is 0 Å². The smallest absolute Gasteiger partial charge is 2.00 e. The molecule has 0 rings (SSSR count). The second kappa shape index (κ2) is 63.7. The van der Waals surface area contributed by atoms with Gasteiger partial charge >= 0.3 is 66.7 Å². The molecule has 0 aromatic carbocycles. The number of hydrogen-bond donors (Lipinski definition) is 0. The zero-order valence-corrected chi connectivity index (χ0v) is 14.2. The van der Waals surface area contributed by atoms with Crippen LogP contribution in [-0.4, -0.2) is 115 Å². The van der Waals surface area contributed by atoms with E-state index in [0.717, 1.165) is 0 Å². The van der Waals surface area contributed by atoms with Crippen LogP contribution in [-0.2, 0) is 10.4 Å². The summed E-state index contributed by atoms with van der Waals surface area (Å²) in [5, 5.41) is 0. The third kappa shape index (κ3) is 1020. The third-order valence-electron chi connectivity index (χ3n) is 0. The Morgan fingerprint density at radius 1 is 0.706 bits per heavy atom. The van der Waals surface area contributed by atoms with E-state index < -0.39 is 41.2 Å². The molecule has 0 radical (unpaired) electrons. The van der Waals surface area contributed by atoms with Crippen molar-refractivity contribution in [3.63, 3.8) is 0 Å². The molecule has 0 saturated carbocycles. The SMILES string of the molecule is O.O.O.O.O.O.O.O.O=S(=O)([O-])[O-].[Cl][Ca][Cl].[Mg+2]. The number of hydrogen-bond acceptors (Lipinski definition) is 4. The van der Waals surface area contributed by atoms with Gasteiger partial charge in [0.05, 0.1) is 0 Å². The summed E-state index contributed by atoms with van der Waals surface area (Å²) in [6.45, 7) is 0. The van der Waals surface area contributed by atoms with Crippen LogP contribution in [0.3, 0.4) is 0 Å². The Hall–Kier alpha value is 2.16. The molecule has 0 aliphatic rings. The van der Waals surface area contributed by atoms with Crippen molar-refractivity contribution in [2.75, 3.05) is 0 Å². The Kier molecular flexibility index (Phi) is 356. The normalized spacial score (nSPS) is 4.00. The van der Waals surface area contributed by atoms with Gasteiger partial charge in [-0.3, -0.25) is 8.42 Å². The van der Waals surface area contributed by atoms with Gasteiger partial charge in [-0.15, -0.1) is 0 Å². The van der Waals surface area contributed by atoms with Crippen molar-refractivity contribution in [1.82, 2.24) is 0 Å². The van der Waals surface area contributed by atoms with Crippen LogP contribution in [0.1, 0.15) is 0 Å². The molecule has 12 nitrogen and oxygen atoms in total. The van der Waals surface area contributed by atoms with E-state index in [9.17, 15) is 0 Å². The van der Waals surface area contributed by atoms with Gasteiger partial charge in [0.15, 0.2) is 0 Å². The fourth-order valence-electron chi connectivity index (χ4n) is 0. The third-order valence-corrected chi connectivity index (χ3v) is 0. The van der Waals surface area contributed by atoms with Crippen LogP contribution in [0, 0.1) is 0 Å². The van der Waals surface area contributed by atoms with Gasteiger partial charge in [0.25, 0.3) is 0 Å². The van der Waals surface area contributed by atoms with Crippen LogP contribution in [0.5, 0.6) is 0 Å². The van der Waals surface area contributed by atoms with Crippen LogP contribution in [0.25, 0.3) is 0 Å². The molecule has 17 heteroatoms. The second-order valence-electron chi connectivity index (χ2n) is 0.509. The van der Waals surface area contributed by atoms with E-state index in [4.69, 9.17) is 30.3 Å². The zero-order valence-electron chi connectivity index (χ0n) is 8.21. The topological polar surface area (TPSA) is 332 Å². The minimum atomic E-state index is -5.17. The van der Waals surface area contributed by atoms with E-state index >= 15 is 0 Å². The van der Waals surface area contributed by atoms with Gasteiger partial charge < -0.3 is 52.9 Å². The fraction of sp³-hybridized carbons (Fsp3) is 0. The summed E-state index contributed by atoms with van der Waals surface area (Å²) >= 11 is -0.931. The average molecular weight is 375 g/mol. The predicted molar refractivity (Wildman–Crippen MR) is 62.6 cm³/mol. The van der Waals surface area contributed by atoms with E-state index in [1.165, 1.54) is 0 Å². The zero-order chi connectivity index (χ0) is 7.21. The first-order chi connectivity index (χ1) is 3.41.